The number of nitrogens with one attached hydrogen (secondary N) is 1. The Bertz CT molecular complexity index is 243. The summed E-state index contributed by atoms with van der Waals surface area (Å²) in [4.78, 5) is 3.88. The zero-order valence-corrected chi connectivity index (χ0v) is 15.0. The van der Waals surface area contributed by atoms with E-state index in [4.69, 9.17) is 8.85 Å². The van der Waals surface area contributed by atoms with Crippen molar-refractivity contribution in [2.45, 2.75) is 84.7 Å². The lowest BCUT2D eigenvalue weighted by atomic mass is 9.87. The minimum absolute atomic E-state index is 0.593. The fourth-order valence-electron chi connectivity index (χ4n) is 3.02. The summed E-state index contributed by atoms with van der Waals surface area (Å²) in [6.45, 7) is 10.6. The van der Waals surface area contributed by atoms with Crippen LogP contribution in [0.4, 0.5) is 0 Å². The van der Waals surface area contributed by atoms with Crippen molar-refractivity contribution >= 4 is 8.72 Å². The molecule has 1 fully saturated rings. The Morgan fingerprint density at radius 2 is 1.55 bits per heavy atom. The Kier molecular flexibility index (Phi) is 9.01. The highest BCUT2D eigenvalue weighted by Gasteiger charge is 2.41. The third-order valence-corrected chi connectivity index (χ3v) is 7.48. The molecule has 1 aliphatic rings. The monoisotopic (exact) mass is 301 g/mol. The van der Waals surface area contributed by atoms with E-state index in [-0.39, 0.29) is 0 Å². The van der Waals surface area contributed by atoms with Crippen molar-refractivity contribution < 1.29 is 8.85 Å². The van der Waals surface area contributed by atoms with Crippen LogP contribution in [0.15, 0.2) is 0 Å². The summed E-state index contributed by atoms with van der Waals surface area (Å²) in [7, 11) is -2.22. The molecule has 0 saturated heterocycles. The highest BCUT2D eigenvalue weighted by Crippen LogP contribution is 2.26. The van der Waals surface area contributed by atoms with Gasteiger partial charge in [0, 0.05) is 25.3 Å². The predicted molar refractivity (Wildman–Crippen MR) is 87.9 cm³/mol. The first-order valence-electron chi connectivity index (χ1n) is 8.73. The Hall–Kier alpha value is 0.0969. The van der Waals surface area contributed by atoms with Gasteiger partial charge in [-0.15, -0.1) is 0 Å². The molecule has 0 amide bonds. The molecule has 20 heavy (non-hydrogen) atoms. The van der Waals surface area contributed by atoms with E-state index >= 15 is 0 Å². The fraction of sp³-hybridized carbons (Fsp3) is 1.00. The van der Waals surface area contributed by atoms with E-state index in [1.807, 2.05) is 0 Å². The maximum Gasteiger partial charge on any atom is 0.425 e. The van der Waals surface area contributed by atoms with Crippen LogP contribution in [0.2, 0.25) is 6.04 Å². The molecule has 0 aromatic heterocycles. The van der Waals surface area contributed by atoms with Crippen LogP contribution in [0.25, 0.3) is 0 Å². The van der Waals surface area contributed by atoms with Gasteiger partial charge in [-0.3, -0.25) is 4.98 Å². The predicted octanol–water partition coefficient (Wildman–Crippen LogP) is 4.36. The molecule has 0 heterocycles. The molecule has 0 radical (unpaired) electrons. The topological polar surface area (TPSA) is 30.5 Å². The largest absolute Gasteiger partial charge is 0.425 e. The Morgan fingerprint density at radius 3 is 2.05 bits per heavy atom. The molecule has 0 aromatic rings. The standard InChI is InChI=1S/C16H35NO2Si/c1-5-12-18-20(14-7-3,19-13-6-2)17-16-11-9-8-10-15(16)4/h15-17H,5-14H2,1-4H3. The smallest absolute Gasteiger partial charge is 0.383 e. The van der Waals surface area contributed by atoms with Gasteiger partial charge in [-0.2, -0.15) is 0 Å². The van der Waals surface area contributed by atoms with Gasteiger partial charge in [0.05, 0.1) is 0 Å². The van der Waals surface area contributed by atoms with Crippen LogP contribution in [-0.2, 0) is 8.85 Å². The van der Waals surface area contributed by atoms with Crippen LogP contribution in [0.3, 0.4) is 0 Å². The molecule has 4 heteroatoms. The van der Waals surface area contributed by atoms with E-state index in [1.54, 1.807) is 0 Å². The minimum Gasteiger partial charge on any atom is -0.383 e. The van der Waals surface area contributed by atoms with Crippen molar-refractivity contribution in [2.24, 2.45) is 5.92 Å². The molecule has 0 spiro atoms. The van der Waals surface area contributed by atoms with Crippen molar-refractivity contribution in [1.82, 2.24) is 4.98 Å². The van der Waals surface area contributed by atoms with Crippen LogP contribution < -0.4 is 4.98 Å². The zero-order valence-electron chi connectivity index (χ0n) is 14.0. The lowest BCUT2D eigenvalue weighted by Gasteiger charge is -2.38. The summed E-state index contributed by atoms with van der Waals surface area (Å²) in [6.07, 6.45) is 8.62. The second-order valence-electron chi connectivity index (χ2n) is 6.21. The molecule has 1 rings (SSSR count). The maximum atomic E-state index is 6.28. The van der Waals surface area contributed by atoms with Gasteiger partial charge in [0.1, 0.15) is 0 Å². The summed E-state index contributed by atoms with van der Waals surface area (Å²) in [5.41, 5.74) is 0. The molecule has 1 aliphatic carbocycles. The SMILES string of the molecule is CCCO[Si](CCC)(NC1CCCCC1C)OCCC. The van der Waals surface area contributed by atoms with E-state index in [9.17, 15) is 0 Å². The van der Waals surface area contributed by atoms with Gasteiger partial charge in [0.25, 0.3) is 0 Å². The van der Waals surface area contributed by atoms with Crippen molar-refractivity contribution in [3.05, 3.63) is 0 Å². The van der Waals surface area contributed by atoms with Crippen molar-refractivity contribution in [3.8, 4) is 0 Å². The summed E-state index contributed by atoms with van der Waals surface area (Å²) in [5.74, 6) is 0.753. The lowest BCUT2D eigenvalue weighted by Crippen LogP contribution is -2.61. The van der Waals surface area contributed by atoms with Crippen molar-refractivity contribution in [2.75, 3.05) is 13.2 Å². The van der Waals surface area contributed by atoms with Crippen LogP contribution in [-0.4, -0.2) is 28.0 Å². The highest BCUT2D eigenvalue weighted by atomic mass is 28.4. The Morgan fingerprint density at radius 1 is 0.950 bits per heavy atom. The molecule has 0 bridgehead atoms. The van der Waals surface area contributed by atoms with Crippen LogP contribution >= 0.6 is 0 Å². The van der Waals surface area contributed by atoms with Gasteiger partial charge < -0.3 is 8.85 Å². The minimum atomic E-state index is -2.22. The van der Waals surface area contributed by atoms with E-state index in [0.29, 0.717) is 6.04 Å². The first-order chi connectivity index (χ1) is 9.67. The average Bonchev–Trinajstić information content (AvgIpc) is 2.46. The maximum absolute atomic E-state index is 6.28. The molecule has 0 aliphatic heterocycles. The summed E-state index contributed by atoms with van der Waals surface area (Å²) >= 11 is 0. The van der Waals surface area contributed by atoms with E-state index in [2.05, 4.69) is 32.7 Å². The Labute approximate surface area is 127 Å². The first kappa shape index (κ1) is 18.1. The Balaban J connectivity index is 2.70. The number of hydrogen-bond donors (Lipinski definition) is 1. The zero-order chi connectivity index (χ0) is 14.8. The molecular weight excluding hydrogens is 266 g/mol. The van der Waals surface area contributed by atoms with Crippen LogP contribution in [0.5, 0.6) is 0 Å². The molecular formula is C16H35NO2Si. The third kappa shape index (κ3) is 5.84. The summed E-state index contributed by atoms with van der Waals surface area (Å²) in [5, 5.41) is 0. The molecule has 120 valence electrons. The van der Waals surface area contributed by atoms with E-state index < -0.39 is 8.72 Å². The molecule has 2 atom stereocenters. The van der Waals surface area contributed by atoms with Gasteiger partial charge >= 0.3 is 8.72 Å². The molecule has 2 unspecified atom stereocenters. The summed E-state index contributed by atoms with van der Waals surface area (Å²) in [6, 6.07) is 1.66. The summed E-state index contributed by atoms with van der Waals surface area (Å²) < 4.78 is 12.6. The fourth-order valence-corrected chi connectivity index (χ4v) is 6.42. The molecule has 0 aromatic carbocycles. The van der Waals surface area contributed by atoms with E-state index in [0.717, 1.165) is 44.4 Å². The number of rotatable bonds is 10. The van der Waals surface area contributed by atoms with Crippen LogP contribution in [0, 0.1) is 5.92 Å². The molecule has 1 N–H and O–H groups in total. The van der Waals surface area contributed by atoms with Gasteiger partial charge in [0.2, 0.25) is 0 Å². The normalized spacial score (nSPS) is 24.0. The highest BCUT2D eigenvalue weighted by molar-refractivity contribution is 6.64. The number of hydrogen-bond acceptors (Lipinski definition) is 3. The quantitative estimate of drug-likeness (QED) is 0.608. The van der Waals surface area contributed by atoms with Crippen molar-refractivity contribution in [3.63, 3.8) is 0 Å². The molecule has 3 nitrogen and oxygen atoms in total. The second kappa shape index (κ2) is 9.93. The first-order valence-corrected chi connectivity index (χ1v) is 10.7. The van der Waals surface area contributed by atoms with Crippen LogP contribution in [0.1, 0.15) is 72.6 Å². The average molecular weight is 302 g/mol. The van der Waals surface area contributed by atoms with Gasteiger partial charge in [0.15, 0.2) is 0 Å². The third-order valence-electron chi connectivity index (χ3n) is 4.17. The van der Waals surface area contributed by atoms with Crippen molar-refractivity contribution in [1.29, 1.82) is 0 Å². The van der Waals surface area contributed by atoms with Gasteiger partial charge in [-0.1, -0.05) is 47.0 Å². The second-order valence-corrected chi connectivity index (χ2v) is 9.08. The van der Waals surface area contributed by atoms with Gasteiger partial charge in [-0.05, 0) is 31.6 Å². The molecule has 1 saturated carbocycles. The van der Waals surface area contributed by atoms with E-state index in [1.165, 1.54) is 25.7 Å². The van der Waals surface area contributed by atoms with Gasteiger partial charge in [-0.25, -0.2) is 0 Å². The lowest BCUT2D eigenvalue weighted by molar-refractivity contribution is 0.142.